The standard InChI is InChI=1S/C21H29N5O.HI/c1-22-20(23-16-21(9-6-10-21)18-7-4-3-5-8-18)26-11-12-27-19(15-26)17-13-24-25(2)14-17;/h3-5,7-8,13-14,19H,6,9-12,15-16H2,1-2H3,(H,22,23);1H. The molecular weight excluding hydrogens is 465 g/mol. The minimum absolute atomic E-state index is 0. The Morgan fingerprint density at radius 2 is 2.11 bits per heavy atom. The molecule has 2 fully saturated rings. The van der Waals surface area contributed by atoms with Crippen LogP contribution in [0.5, 0.6) is 0 Å². The molecule has 2 aliphatic rings. The number of nitrogens with zero attached hydrogens (tertiary/aromatic N) is 4. The molecule has 1 aliphatic heterocycles. The molecule has 1 N–H and O–H groups in total. The molecule has 0 amide bonds. The van der Waals surface area contributed by atoms with Crippen molar-refractivity contribution in [1.29, 1.82) is 0 Å². The molecule has 2 aromatic rings. The summed E-state index contributed by atoms with van der Waals surface area (Å²) in [5.74, 6) is 0.967. The van der Waals surface area contributed by atoms with E-state index in [0.29, 0.717) is 6.61 Å². The summed E-state index contributed by atoms with van der Waals surface area (Å²) in [6.45, 7) is 3.28. The van der Waals surface area contributed by atoms with E-state index in [2.05, 4.69) is 50.6 Å². The van der Waals surface area contributed by atoms with Crippen molar-refractivity contribution in [2.75, 3.05) is 33.3 Å². The van der Waals surface area contributed by atoms with Crippen molar-refractivity contribution in [3.63, 3.8) is 0 Å². The molecule has 0 bridgehead atoms. The van der Waals surface area contributed by atoms with Crippen molar-refractivity contribution < 1.29 is 4.74 Å². The van der Waals surface area contributed by atoms with Gasteiger partial charge in [0.1, 0.15) is 6.10 Å². The molecule has 1 aromatic heterocycles. The van der Waals surface area contributed by atoms with E-state index in [-0.39, 0.29) is 35.5 Å². The topological polar surface area (TPSA) is 54.7 Å². The summed E-state index contributed by atoms with van der Waals surface area (Å²) in [4.78, 5) is 6.86. The lowest BCUT2D eigenvalue weighted by Crippen LogP contribution is -2.52. The number of ether oxygens (including phenoxy) is 1. The third-order valence-corrected chi connectivity index (χ3v) is 5.96. The van der Waals surface area contributed by atoms with E-state index in [0.717, 1.165) is 31.2 Å². The van der Waals surface area contributed by atoms with Crippen LogP contribution in [0.2, 0.25) is 0 Å². The molecule has 1 aromatic carbocycles. The summed E-state index contributed by atoms with van der Waals surface area (Å²) in [6.07, 6.45) is 7.74. The number of aryl methyl sites for hydroxylation is 1. The van der Waals surface area contributed by atoms with Gasteiger partial charge in [-0.25, -0.2) is 0 Å². The summed E-state index contributed by atoms with van der Waals surface area (Å²) in [5, 5.41) is 7.93. The number of guanidine groups is 1. The summed E-state index contributed by atoms with van der Waals surface area (Å²) in [5.41, 5.74) is 2.80. The number of hydrogen-bond donors (Lipinski definition) is 1. The largest absolute Gasteiger partial charge is 0.370 e. The zero-order chi connectivity index (χ0) is 18.7. The predicted octanol–water partition coefficient (Wildman–Crippen LogP) is 3.11. The number of benzene rings is 1. The minimum atomic E-state index is 0. The first-order valence-electron chi connectivity index (χ1n) is 9.81. The third kappa shape index (κ3) is 4.35. The lowest BCUT2D eigenvalue weighted by molar-refractivity contribution is -0.00820. The minimum Gasteiger partial charge on any atom is -0.370 e. The van der Waals surface area contributed by atoms with Crippen molar-refractivity contribution >= 4 is 29.9 Å². The van der Waals surface area contributed by atoms with Gasteiger partial charge in [0.15, 0.2) is 5.96 Å². The Bertz CT molecular complexity index is 787. The fourth-order valence-electron chi connectivity index (χ4n) is 4.19. The Kier molecular flexibility index (Phi) is 6.98. The van der Waals surface area contributed by atoms with Gasteiger partial charge in [0, 0.05) is 44.4 Å². The quantitative estimate of drug-likeness (QED) is 0.403. The van der Waals surface area contributed by atoms with Gasteiger partial charge >= 0.3 is 0 Å². The highest BCUT2D eigenvalue weighted by molar-refractivity contribution is 14.0. The molecular formula is C21H30IN5O. The van der Waals surface area contributed by atoms with Crippen LogP contribution in [0, 0.1) is 0 Å². The second-order valence-corrected chi connectivity index (χ2v) is 7.65. The number of halogens is 1. The zero-order valence-corrected chi connectivity index (χ0v) is 19.0. The average Bonchev–Trinajstić information content (AvgIpc) is 3.11. The van der Waals surface area contributed by atoms with Gasteiger partial charge in [-0.1, -0.05) is 36.8 Å². The molecule has 4 rings (SSSR count). The molecule has 1 aliphatic carbocycles. The van der Waals surface area contributed by atoms with Gasteiger partial charge < -0.3 is 15.0 Å². The monoisotopic (exact) mass is 495 g/mol. The summed E-state index contributed by atoms with van der Waals surface area (Å²) < 4.78 is 7.80. The van der Waals surface area contributed by atoms with Gasteiger partial charge in [0.25, 0.3) is 0 Å². The summed E-state index contributed by atoms with van der Waals surface area (Å²) in [7, 11) is 3.80. The summed E-state index contributed by atoms with van der Waals surface area (Å²) >= 11 is 0. The Morgan fingerprint density at radius 1 is 1.32 bits per heavy atom. The lowest BCUT2D eigenvalue weighted by Gasteiger charge is -2.44. The Labute approximate surface area is 184 Å². The maximum Gasteiger partial charge on any atom is 0.193 e. The predicted molar refractivity (Wildman–Crippen MR) is 122 cm³/mol. The van der Waals surface area contributed by atoms with E-state index in [1.807, 2.05) is 31.2 Å². The third-order valence-electron chi connectivity index (χ3n) is 5.96. The number of rotatable bonds is 4. The van der Waals surface area contributed by atoms with Crippen molar-refractivity contribution in [2.45, 2.75) is 30.8 Å². The van der Waals surface area contributed by atoms with E-state index in [9.17, 15) is 0 Å². The van der Waals surface area contributed by atoms with Crippen molar-refractivity contribution in [3.8, 4) is 0 Å². The van der Waals surface area contributed by atoms with Crippen LogP contribution in [0.15, 0.2) is 47.7 Å². The van der Waals surface area contributed by atoms with Gasteiger partial charge in [-0.05, 0) is 18.4 Å². The van der Waals surface area contributed by atoms with Crippen LogP contribution in [0.25, 0.3) is 0 Å². The van der Waals surface area contributed by atoms with Crippen LogP contribution in [-0.2, 0) is 17.2 Å². The zero-order valence-electron chi connectivity index (χ0n) is 16.7. The van der Waals surface area contributed by atoms with Crippen LogP contribution >= 0.6 is 24.0 Å². The van der Waals surface area contributed by atoms with Crippen molar-refractivity contribution in [1.82, 2.24) is 20.0 Å². The first kappa shape index (κ1) is 21.1. The fraction of sp³-hybridized carbons (Fsp3) is 0.524. The smallest absolute Gasteiger partial charge is 0.193 e. The summed E-state index contributed by atoms with van der Waals surface area (Å²) in [6, 6.07) is 10.9. The van der Waals surface area contributed by atoms with Crippen molar-refractivity contribution in [3.05, 3.63) is 53.9 Å². The normalized spacial score (nSPS) is 21.6. The Morgan fingerprint density at radius 3 is 2.71 bits per heavy atom. The maximum absolute atomic E-state index is 5.97. The van der Waals surface area contributed by atoms with E-state index in [4.69, 9.17) is 4.74 Å². The molecule has 7 heteroatoms. The highest BCUT2D eigenvalue weighted by atomic mass is 127. The number of nitrogens with one attached hydrogen (secondary N) is 1. The van der Waals surface area contributed by atoms with Gasteiger partial charge in [-0.2, -0.15) is 5.10 Å². The van der Waals surface area contributed by atoms with Crippen LogP contribution in [-0.4, -0.2) is 53.9 Å². The second-order valence-electron chi connectivity index (χ2n) is 7.65. The molecule has 28 heavy (non-hydrogen) atoms. The van der Waals surface area contributed by atoms with E-state index in [1.54, 1.807) is 0 Å². The average molecular weight is 495 g/mol. The van der Waals surface area contributed by atoms with Crippen molar-refractivity contribution in [2.24, 2.45) is 12.0 Å². The number of morpholine rings is 1. The first-order valence-corrected chi connectivity index (χ1v) is 9.81. The molecule has 0 radical (unpaired) electrons. The molecule has 1 atom stereocenters. The van der Waals surface area contributed by atoms with Gasteiger partial charge in [0.05, 0.1) is 19.3 Å². The molecule has 0 spiro atoms. The first-order chi connectivity index (χ1) is 13.2. The highest BCUT2D eigenvalue weighted by Crippen LogP contribution is 2.43. The second kappa shape index (κ2) is 9.26. The Hall–Kier alpha value is -1.61. The molecule has 1 saturated heterocycles. The molecule has 152 valence electrons. The van der Waals surface area contributed by atoms with Crippen LogP contribution < -0.4 is 5.32 Å². The van der Waals surface area contributed by atoms with Gasteiger partial charge in [-0.15, -0.1) is 24.0 Å². The molecule has 6 nitrogen and oxygen atoms in total. The number of hydrogen-bond acceptors (Lipinski definition) is 3. The number of aromatic nitrogens is 2. The molecule has 1 saturated carbocycles. The molecule has 2 heterocycles. The van der Waals surface area contributed by atoms with E-state index >= 15 is 0 Å². The van der Waals surface area contributed by atoms with Gasteiger partial charge in [-0.3, -0.25) is 9.67 Å². The fourth-order valence-corrected chi connectivity index (χ4v) is 4.19. The van der Waals surface area contributed by atoms with Crippen LogP contribution in [0.4, 0.5) is 0 Å². The van der Waals surface area contributed by atoms with Crippen LogP contribution in [0.3, 0.4) is 0 Å². The molecule has 1 unspecified atom stereocenters. The Balaban J connectivity index is 0.00000225. The SMILES string of the molecule is CN=C(NCC1(c2ccccc2)CCC1)N1CCOC(c2cnn(C)c2)C1.I. The van der Waals surface area contributed by atoms with E-state index in [1.165, 1.54) is 24.8 Å². The van der Waals surface area contributed by atoms with Crippen LogP contribution in [0.1, 0.15) is 36.5 Å². The highest BCUT2D eigenvalue weighted by Gasteiger charge is 2.39. The number of aliphatic imine (C=N–C) groups is 1. The van der Waals surface area contributed by atoms with E-state index < -0.39 is 0 Å². The van der Waals surface area contributed by atoms with Gasteiger partial charge in [0.2, 0.25) is 0 Å². The maximum atomic E-state index is 5.97. The lowest BCUT2D eigenvalue weighted by atomic mass is 9.64.